The van der Waals surface area contributed by atoms with Gasteiger partial charge in [-0.25, -0.2) is 0 Å². The third-order valence-corrected chi connectivity index (χ3v) is 3.93. The molecule has 0 aliphatic rings. The molecule has 108 valence electrons. The highest BCUT2D eigenvalue weighted by molar-refractivity contribution is 14.1. The minimum atomic E-state index is -0.187. The Hall–Kier alpha value is -1.47. The van der Waals surface area contributed by atoms with E-state index < -0.39 is 0 Å². The lowest BCUT2D eigenvalue weighted by Crippen LogP contribution is -2.42. The van der Waals surface area contributed by atoms with Crippen LogP contribution in [-0.4, -0.2) is 17.6 Å². The predicted molar refractivity (Wildman–Crippen MR) is 98.7 cm³/mol. The predicted octanol–water partition coefficient (Wildman–Crippen LogP) is 3.83. The molecule has 0 saturated carbocycles. The Kier molecular flexibility index (Phi) is 5.69. The summed E-state index contributed by atoms with van der Waals surface area (Å²) in [6, 6.07) is 17.2. The lowest BCUT2D eigenvalue weighted by atomic mass is 10.2. The molecular formula is C16H15IN2OS. The van der Waals surface area contributed by atoms with Crippen LogP contribution in [0.25, 0.3) is 0 Å². The highest BCUT2D eigenvalue weighted by Crippen LogP contribution is 2.13. The van der Waals surface area contributed by atoms with Crippen molar-refractivity contribution in [3.05, 3.63) is 63.7 Å². The van der Waals surface area contributed by atoms with E-state index in [4.69, 9.17) is 12.2 Å². The van der Waals surface area contributed by atoms with Crippen LogP contribution in [0.3, 0.4) is 0 Å². The fourth-order valence-corrected chi connectivity index (χ4v) is 2.79. The Labute approximate surface area is 143 Å². The smallest absolute Gasteiger partial charge is 0.257 e. The van der Waals surface area contributed by atoms with Gasteiger partial charge in [0.15, 0.2) is 5.11 Å². The molecule has 1 amide bonds. The minimum absolute atomic E-state index is 0.187. The maximum absolute atomic E-state index is 12.2. The van der Waals surface area contributed by atoms with E-state index in [2.05, 4.69) is 27.9 Å². The molecule has 0 radical (unpaired) electrons. The quantitative estimate of drug-likeness (QED) is 0.617. The Bertz CT molecular complexity index is 646. The fraction of sp³-hybridized carbons (Fsp3) is 0.125. The zero-order valence-electron chi connectivity index (χ0n) is 11.5. The van der Waals surface area contributed by atoms with E-state index in [1.807, 2.05) is 60.4 Å². The summed E-state index contributed by atoms with van der Waals surface area (Å²) >= 11 is 7.54. The summed E-state index contributed by atoms with van der Waals surface area (Å²) in [7, 11) is 0. The molecule has 0 atom stereocenters. The Balaban J connectivity index is 2.11. The number of anilines is 1. The average Bonchev–Trinajstić information content (AvgIpc) is 2.49. The summed E-state index contributed by atoms with van der Waals surface area (Å²) in [6.45, 7) is 2.69. The van der Waals surface area contributed by atoms with Crippen LogP contribution in [0.15, 0.2) is 54.6 Å². The van der Waals surface area contributed by atoms with E-state index in [1.54, 1.807) is 6.07 Å². The second-order valence-corrected chi connectivity index (χ2v) is 5.98. The van der Waals surface area contributed by atoms with Crippen molar-refractivity contribution >= 4 is 51.5 Å². The first-order chi connectivity index (χ1) is 10.1. The van der Waals surface area contributed by atoms with Gasteiger partial charge in [0.2, 0.25) is 0 Å². The first-order valence-electron chi connectivity index (χ1n) is 6.55. The van der Waals surface area contributed by atoms with Crippen molar-refractivity contribution in [1.82, 2.24) is 5.32 Å². The lowest BCUT2D eigenvalue weighted by Gasteiger charge is -2.23. The second kappa shape index (κ2) is 7.51. The van der Waals surface area contributed by atoms with Gasteiger partial charge in [-0.15, -0.1) is 0 Å². The molecule has 0 unspecified atom stereocenters. The van der Waals surface area contributed by atoms with Crippen LogP contribution >= 0.6 is 34.8 Å². The number of nitrogens with zero attached hydrogens (tertiary/aromatic N) is 1. The molecule has 2 rings (SSSR count). The number of para-hydroxylation sites is 1. The summed E-state index contributed by atoms with van der Waals surface area (Å²) < 4.78 is 1.02. The van der Waals surface area contributed by atoms with Crippen LogP contribution < -0.4 is 10.2 Å². The molecule has 21 heavy (non-hydrogen) atoms. The number of hydrogen-bond acceptors (Lipinski definition) is 2. The Morgan fingerprint density at radius 2 is 1.90 bits per heavy atom. The standard InChI is InChI=1S/C16H15IN2OS/c1-2-19(14-9-4-3-5-10-14)16(21)18-15(20)12-7-6-8-13(17)11-12/h3-11H,2H2,1H3,(H,18,20,21). The summed E-state index contributed by atoms with van der Waals surface area (Å²) in [4.78, 5) is 14.1. The maximum atomic E-state index is 12.2. The van der Waals surface area contributed by atoms with Gasteiger partial charge in [0, 0.05) is 21.4 Å². The number of thiocarbonyl (C=S) groups is 1. The van der Waals surface area contributed by atoms with Crippen LogP contribution in [0.1, 0.15) is 17.3 Å². The molecule has 5 heteroatoms. The van der Waals surface area contributed by atoms with Crippen LogP contribution in [0.2, 0.25) is 0 Å². The van der Waals surface area contributed by atoms with Crippen molar-refractivity contribution in [2.75, 3.05) is 11.4 Å². The summed E-state index contributed by atoms with van der Waals surface area (Å²) in [5, 5.41) is 3.20. The first-order valence-corrected chi connectivity index (χ1v) is 8.04. The third kappa shape index (κ3) is 4.25. The van der Waals surface area contributed by atoms with Gasteiger partial charge in [0.1, 0.15) is 0 Å². The monoisotopic (exact) mass is 410 g/mol. The Morgan fingerprint density at radius 1 is 1.19 bits per heavy atom. The van der Waals surface area contributed by atoms with Gasteiger partial charge < -0.3 is 4.90 Å². The normalized spacial score (nSPS) is 10.0. The van der Waals surface area contributed by atoms with E-state index in [0.717, 1.165) is 9.26 Å². The molecule has 0 bridgehead atoms. The zero-order chi connectivity index (χ0) is 15.2. The van der Waals surface area contributed by atoms with E-state index >= 15 is 0 Å². The second-order valence-electron chi connectivity index (χ2n) is 4.35. The lowest BCUT2D eigenvalue weighted by molar-refractivity contribution is 0.0977. The minimum Gasteiger partial charge on any atom is -0.319 e. The highest BCUT2D eigenvalue weighted by Gasteiger charge is 2.14. The van der Waals surface area contributed by atoms with Gasteiger partial charge in [-0.3, -0.25) is 10.1 Å². The van der Waals surface area contributed by atoms with Crippen molar-refractivity contribution in [1.29, 1.82) is 0 Å². The summed E-state index contributed by atoms with van der Waals surface area (Å²) in [5.74, 6) is -0.187. The first kappa shape index (κ1) is 15.9. The molecule has 2 aromatic rings. The van der Waals surface area contributed by atoms with Gasteiger partial charge >= 0.3 is 0 Å². The van der Waals surface area contributed by atoms with Crippen molar-refractivity contribution in [2.45, 2.75) is 6.92 Å². The van der Waals surface area contributed by atoms with Crippen molar-refractivity contribution < 1.29 is 4.79 Å². The van der Waals surface area contributed by atoms with Gasteiger partial charge in [0.05, 0.1) is 0 Å². The number of halogens is 1. The molecule has 0 aliphatic heterocycles. The molecule has 0 saturated heterocycles. The fourth-order valence-electron chi connectivity index (χ4n) is 1.92. The molecule has 2 aromatic carbocycles. The molecule has 0 spiro atoms. The van der Waals surface area contributed by atoms with Gasteiger partial charge in [-0.2, -0.15) is 0 Å². The molecule has 0 aromatic heterocycles. The van der Waals surface area contributed by atoms with Crippen molar-refractivity contribution in [3.63, 3.8) is 0 Å². The third-order valence-electron chi connectivity index (χ3n) is 2.94. The number of rotatable bonds is 3. The molecule has 3 nitrogen and oxygen atoms in total. The number of nitrogens with one attached hydrogen (secondary N) is 1. The number of hydrogen-bond donors (Lipinski definition) is 1. The molecule has 1 N–H and O–H groups in total. The van der Waals surface area contributed by atoms with Gasteiger partial charge in [-0.05, 0) is 72.1 Å². The van der Waals surface area contributed by atoms with Crippen LogP contribution in [0.4, 0.5) is 5.69 Å². The number of carbonyl (C=O) groups excluding carboxylic acids is 1. The topological polar surface area (TPSA) is 32.3 Å². The van der Waals surface area contributed by atoms with Crippen LogP contribution in [-0.2, 0) is 0 Å². The van der Waals surface area contributed by atoms with Gasteiger partial charge in [-0.1, -0.05) is 24.3 Å². The summed E-state index contributed by atoms with van der Waals surface area (Å²) in [6.07, 6.45) is 0. The molecule has 0 fully saturated rings. The molecule has 0 aliphatic carbocycles. The highest BCUT2D eigenvalue weighted by atomic mass is 127. The van der Waals surface area contributed by atoms with E-state index in [-0.39, 0.29) is 5.91 Å². The Morgan fingerprint density at radius 3 is 2.52 bits per heavy atom. The van der Waals surface area contributed by atoms with Crippen LogP contribution in [0, 0.1) is 3.57 Å². The largest absolute Gasteiger partial charge is 0.319 e. The van der Waals surface area contributed by atoms with E-state index in [1.165, 1.54) is 0 Å². The zero-order valence-corrected chi connectivity index (χ0v) is 14.5. The van der Waals surface area contributed by atoms with Crippen LogP contribution in [0.5, 0.6) is 0 Å². The SMILES string of the molecule is CCN(C(=S)NC(=O)c1cccc(I)c1)c1ccccc1. The molecular weight excluding hydrogens is 395 g/mol. The van der Waals surface area contributed by atoms with Crippen molar-refractivity contribution in [2.24, 2.45) is 0 Å². The van der Waals surface area contributed by atoms with Gasteiger partial charge in [0.25, 0.3) is 5.91 Å². The number of benzene rings is 2. The van der Waals surface area contributed by atoms with E-state index in [9.17, 15) is 4.79 Å². The van der Waals surface area contributed by atoms with E-state index in [0.29, 0.717) is 17.2 Å². The average molecular weight is 410 g/mol. The maximum Gasteiger partial charge on any atom is 0.257 e. The number of amides is 1. The summed E-state index contributed by atoms with van der Waals surface area (Å²) in [5.41, 5.74) is 1.57. The molecule has 0 heterocycles. The number of carbonyl (C=O) groups is 1. The van der Waals surface area contributed by atoms with Crippen molar-refractivity contribution in [3.8, 4) is 0 Å².